The normalized spacial score (nSPS) is 15.3. The average Bonchev–Trinajstić information content (AvgIpc) is 3.10. The van der Waals surface area contributed by atoms with Gasteiger partial charge in [-0.15, -0.1) is 0 Å². The van der Waals surface area contributed by atoms with Gasteiger partial charge in [0.1, 0.15) is 11.6 Å². The highest BCUT2D eigenvalue weighted by molar-refractivity contribution is 5.87. The van der Waals surface area contributed by atoms with Gasteiger partial charge in [-0.05, 0) is 49.2 Å². The molecule has 1 saturated heterocycles. The number of methoxy groups -OCH3 is 1. The topological polar surface area (TPSA) is 78.5 Å². The molecule has 0 unspecified atom stereocenters. The number of aromatic nitrogens is 2. The molecule has 6 nitrogen and oxygen atoms in total. The van der Waals surface area contributed by atoms with Crippen LogP contribution < -0.4 is 4.90 Å². The van der Waals surface area contributed by atoms with Crippen LogP contribution >= 0.6 is 0 Å². The third-order valence-corrected chi connectivity index (χ3v) is 5.08. The summed E-state index contributed by atoms with van der Waals surface area (Å²) < 4.78 is 19.5. The van der Waals surface area contributed by atoms with Crippen LogP contribution in [-0.4, -0.2) is 41.2 Å². The fourth-order valence-corrected chi connectivity index (χ4v) is 3.58. The number of benzene rings is 1. The summed E-state index contributed by atoms with van der Waals surface area (Å²) in [5, 5.41) is 10.4. The van der Waals surface area contributed by atoms with E-state index in [4.69, 9.17) is 4.74 Å². The quantitative estimate of drug-likeness (QED) is 0.546. The number of nitrogens with one attached hydrogen (secondary N) is 1. The largest absolute Gasteiger partial charge is 0.508 e. The number of ether oxygens (including phenoxy) is 1. The second-order valence-electron chi connectivity index (χ2n) is 6.75. The zero-order valence-corrected chi connectivity index (χ0v) is 14.9. The molecule has 1 aliphatic heterocycles. The number of aromatic hydroxyl groups is 1. The van der Waals surface area contributed by atoms with Crippen LogP contribution in [0.15, 0.2) is 36.4 Å². The van der Waals surface area contributed by atoms with Crippen molar-refractivity contribution in [2.45, 2.75) is 12.8 Å². The Hall–Kier alpha value is -3.09. The number of esters is 1. The molecule has 2 N–H and O–H groups in total. The highest BCUT2D eigenvalue weighted by atomic mass is 19.1. The predicted octanol–water partition coefficient (Wildman–Crippen LogP) is 3.46. The lowest BCUT2D eigenvalue weighted by Gasteiger charge is -2.31. The average molecular weight is 369 g/mol. The number of rotatable bonds is 3. The summed E-state index contributed by atoms with van der Waals surface area (Å²) in [5.74, 6) is -0.115. The van der Waals surface area contributed by atoms with E-state index in [9.17, 15) is 14.3 Å². The van der Waals surface area contributed by atoms with E-state index in [0.29, 0.717) is 43.0 Å². The molecule has 140 valence electrons. The number of pyridine rings is 1. The van der Waals surface area contributed by atoms with Crippen molar-refractivity contribution in [2.24, 2.45) is 5.92 Å². The summed E-state index contributed by atoms with van der Waals surface area (Å²) in [6.45, 7) is 1.27. The molecule has 0 amide bonds. The van der Waals surface area contributed by atoms with Gasteiger partial charge < -0.3 is 19.7 Å². The molecule has 0 bridgehead atoms. The van der Waals surface area contributed by atoms with Gasteiger partial charge >= 0.3 is 5.97 Å². The number of piperidine rings is 1. The number of hydrogen-bond acceptors (Lipinski definition) is 5. The van der Waals surface area contributed by atoms with Gasteiger partial charge in [0.15, 0.2) is 0 Å². The monoisotopic (exact) mass is 369 g/mol. The molecule has 1 aromatic carbocycles. The van der Waals surface area contributed by atoms with Gasteiger partial charge in [0, 0.05) is 24.0 Å². The standard InChI is InChI=1S/C20H20FN3O3/c1-27-20(26)12-6-8-24(9-7-12)18-5-3-15(19(21)23-18)17-11-13-10-14(25)2-4-16(13)22-17/h2-5,10-12,22,25H,6-9H2,1H3. The molecule has 4 rings (SSSR count). The maximum Gasteiger partial charge on any atom is 0.308 e. The van der Waals surface area contributed by atoms with Crippen LogP contribution in [0.5, 0.6) is 5.75 Å². The van der Waals surface area contributed by atoms with Gasteiger partial charge in [0.2, 0.25) is 5.95 Å². The van der Waals surface area contributed by atoms with E-state index in [1.807, 2.05) is 4.90 Å². The van der Waals surface area contributed by atoms with E-state index in [-0.39, 0.29) is 17.6 Å². The minimum absolute atomic E-state index is 0.0989. The van der Waals surface area contributed by atoms with Crippen molar-refractivity contribution >= 4 is 22.7 Å². The lowest BCUT2D eigenvalue weighted by Crippen LogP contribution is -2.37. The summed E-state index contributed by atoms with van der Waals surface area (Å²) in [6.07, 6.45) is 1.34. The Bertz CT molecular complexity index is 993. The van der Waals surface area contributed by atoms with Crippen molar-refractivity contribution in [3.05, 3.63) is 42.3 Å². The van der Waals surface area contributed by atoms with Crippen molar-refractivity contribution < 1.29 is 19.0 Å². The van der Waals surface area contributed by atoms with Crippen LogP contribution in [0.25, 0.3) is 22.2 Å². The molecule has 3 aromatic rings. The fourth-order valence-electron chi connectivity index (χ4n) is 3.58. The summed E-state index contributed by atoms with van der Waals surface area (Å²) in [4.78, 5) is 20.9. The molecule has 1 fully saturated rings. The molecule has 0 radical (unpaired) electrons. The molecular weight excluding hydrogens is 349 g/mol. The molecule has 7 heteroatoms. The fraction of sp³-hybridized carbons (Fsp3) is 0.300. The van der Waals surface area contributed by atoms with Crippen LogP contribution in [0, 0.1) is 11.9 Å². The number of fused-ring (bicyclic) bond motifs is 1. The first-order chi connectivity index (χ1) is 13.0. The van der Waals surface area contributed by atoms with Gasteiger partial charge in [-0.3, -0.25) is 4.79 Å². The third-order valence-electron chi connectivity index (χ3n) is 5.08. The van der Waals surface area contributed by atoms with Gasteiger partial charge in [0.25, 0.3) is 0 Å². The number of hydrogen-bond donors (Lipinski definition) is 2. The molecule has 1 aliphatic rings. The van der Waals surface area contributed by atoms with Crippen LogP contribution in [0.3, 0.4) is 0 Å². The SMILES string of the molecule is COC(=O)C1CCN(c2ccc(-c3cc4cc(O)ccc4[nH]3)c(F)n2)CC1. The number of aromatic amines is 1. The first-order valence-corrected chi connectivity index (χ1v) is 8.86. The Morgan fingerprint density at radius 2 is 2.04 bits per heavy atom. The summed E-state index contributed by atoms with van der Waals surface area (Å²) in [6, 6.07) is 10.2. The molecule has 2 aromatic heterocycles. The number of anilines is 1. The van der Waals surface area contributed by atoms with E-state index in [0.717, 1.165) is 10.9 Å². The molecule has 0 spiro atoms. The van der Waals surface area contributed by atoms with Crippen molar-refractivity contribution in [2.75, 3.05) is 25.1 Å². The van der Waals surface area contributed by atoms with Crippen LogP contribution in [0.1, 0.15) is 12.8 Å². The molecule has 0 aliphatic carbocycles. The first kappa shape index (κ1) is 17.3. The zero-order valence-electron chi connectivity index (χ0n) is 14.9. The summed E-state index contributed by atoms with van der Waals surface area (Å²) in [5.41, 5.74) is 1.80. The van der Waals surface area contributed by atoms with E-state index < -0.39 is 5.95 Å². The van der Waals surface area contributed by atoms with E-state index in [1.165, 1.54) is 7.11 Å². The van der Waals surface area contributed by atoms with Crippen molar-refractivity contribution in [1.29, 1.82) is 0 Å². The molecule has 0 atom stereocenters. The second-order valence-corrected chi connectivity index (χ2v) is 6.75. The Balaban J connectivity index is 1.55. The first-order valence-electron chi connectivity index (χ1n) is 8.86. The van der Waals surface area contributed by atoms with Crippen molar-refractivity contribution in [3.8, 4) is 17.0 Å². The van der Waals surface area contributed by atoms with Crippen molar-refractivity contribution in [3.63, 3.8) is 0 Å². The zero-order chi connectivity index (χ0) is 19.0. The number of carbonyl (C=O) groups is 1. The van der Waals surface area contributed by atoms with E-state index >= 15 is 0 Å². The van der Waals surface area contributed by atoms with Crippen LogP contribution in [0.2, 0.25) is 0 Å². The smallest absolute Gasteiger partial charge is 0.308 e. The Labute approximate surface area is 155 Å². The maximum absolute atomic E-state index is 14.7. The maximum atomic E-state index is 14.7. The van der Waals surface area contributed by atoms with Gasteiger partial charge in [-0.1, -0.05) is 0 Å². The minimum atomic E-state index is -0.557. The second kappa shape index (κ2) is 6.90. The van der Waals surface area contributed by atoms with Crippen LogP contribution in [-0.2, 0) is 9.53 Å². The highest BCUT2D eigenvalue weighted by Crippen LogP contribution is 2.30. The Morgan fingerprint density at radius 1 is 1.26 bits per heavy atom. The molecule has 27 heavy (non-hydrogen) atoms. The third kappa shape index (κ3) is 3.32. The number of phenolic OH excluding ortho intramolecular Hbond substituents is 1. The highest BCUT2D eigenvalue weighted by Gasteiger charge is 2.26. The number of H-pyrrole nitrogens is 1. The summed E-state index contributed by atoms with van der Waals surface area (Å²) in [7, 11) is 1.40. The van der Waals surface area contributed by atoms with Gasteiger partial charge in [-0.2, -0.15) is 4.39 Å². The Morgan fingerprint density at radius 3 is 2.74 bits per heavy atom. The van der Waals surface area contributed by atoms with E-state index in [1.54, 1.807) is 36.4 Å². The number of phenols is 1. The molecular formula is C20H20FN3O3. The van der Waals surface area contributed by atoms with Crippen molar-refractivity contribution in [1.82, 2.24) is 9.97 Å². The predicted molar refractivity (Wildman–Crippen MR) is 100 cm³/mol. The molecule has 3 heterocycles. The summed E-state index contributed by atoms with van der Waals surface area (Å²) >= 11 is 0. The molecule has 0 saturated carbocycles. The Kier molecular flexibility index (Phi) is 4.43. The van der Waals surface area contributed by atoms with Crippen LogP contribution in [0.4, 0.5) is 10.2 Å². The number of halogens is 1. The van der Waals surface area contributed by atoms with Gasteiger partial charge in [0.05, 0.1) is 24.3 Å². The lowest BCUT2D eigenvalue weighted by molar-refractivity contribution is -0.146. The number of nitrogens with zero attached hydrogens (tertiary/aromatic N) is 2. The van der Waals surface area contributed by atoms with E-state index in [2.05, 4.69) is 9.97 Å². The van der Waals surface area contributed by atoms with Gasteiger partial charge in [-0.25, -0.2) is 4.98 Å². The number of carbonyl (C=O) groups excluding carboxylic acids is 1. The lowest BCUT2D eigenvalue weighted by atomic mass is 9.97. The minimum Gasteiger partial charge on any atom is -0.508 e.